The fourth-order valence-corrected chi connectivity index (χ4v) is 3.07. The van der Waals surface area contributed by atoms with Crippen LogP contribution in [0.25, 0.3) is 0 Å². The fourth-order valence-electron chi connectivity index (χ4n) is 1.71. The topological polar surface area (TPSA) is 26.3 Å². The van der Waals surface area contributed by atoms with Gasteiger partial charge in [-0.05, 0) is 0 Å². The van der Waals surface area contributed by atoms with Gasteiger partial charge in [-0.25, -0.2) is 0 Å². The zero-order valence-corrected chi connectivity index (χ0v) is 12.6. The second-order valence-electron chi connectivity index (χ2n) is 3.55. The first kappa shape index (κ1) is 9.49. The number of hydrogen-bond acceptors (Lipinski definition) is 2. The molecule has 0 radical (unpaired) electrons. The van der Waals surface area contributed by atoms with Gasteiger partial charge in [0.15, 0.2) is 0 Å². The summed E-state index contributed by atoms with van der Waals surface area (Å²) < 4.78 is 4.95. The van der Waals surface area contributed by atoms with Crippen molar-refractivity contribution in [3.63, 3.8) is 0 Å². The number of hydrogen-bond donors (Lipinski definition) is 0. The van der Waals surface area contributed by atoms with Crippen molar-refractivity contribution < 1.29 is 34.0 Å². The van der Waals surface area contributed by atoms with Crippen molar-refractivity contribution in [2.75, 3.05) is 0 Å². The van der Waals surface area contributed by atoms with Gasteiger partial charge in [0.25, 0.3) is 0 Å². The first-order valence-electron chi connectivity index (χ1n) is 4.15. The fraction of sp³-hybridized carbons (Fsp3) is 0.875. The summed E-state index contributed by atoms with van der Waals surface area (Å²) in [5.41, 5.74) is -0.125. The van der Waals surface area contributed by atoms with Crippen LogP contribution in [0.4, 0.5) is 0 Å². The van der Waals surface area contributed by atoms with Crippen LogP contribution >= 0.6 is 0 Å². The molecule has 0 N–H and O–H groups in total. The summed E-state index contributed by atoms with van der Waals surface area (Å²) in [6.07, 6.45) is 5.74. The first-order valence-corrected chi connectivity index (χ1v) is 6.40. The molecule has 3 heteroatoms. The molecule has 2 nitrogen and oxygen atoms in total. The van der Waals surface area contributed by atoms with E-state index in [0.29, 0.717) is 0 Å². The Bertz CT molecular complexity index is 150. The summed E-state index contributed by atoms with van der Waals surface area (Å²) >= 11 is 0.166. The average Bonchev–Trinajstić information content (AvgIpc) is 2.04. The first-order chi connectivity index (χ1) is 5.19. The predicted molar refractivity (Wildman–Crippen MR) is 37.3 cm³/mol. The number of rotatable bonds is 1. The second-order valence-corrected chi connectivity index (χ2v) is 4.68. The van der Waals surface area contributed by atoms with Gasteiger partial charge in [-0.1, -0.05) is 0 Å². The third-order valence-electron chi connectivity index (χ3n) is 2.58. The van der Waals surface area contributed by atoms with Crippen molar-refractivity contribution >= 4 is 5.97 Å². The van der Waals surface area contributed by atoms with Crippen molar-refractivity contribution in [2.45, 2.75) is 39.0 Å². The molecule has 11 heavy (non-hydrogen) atoms. The molecule has 0 atom stereocenters. The van der Waals surface area contributed by atoms with Crippen LogP contribution in [-0.2, 0) is 34.0 Å². The van der Waals surface area contributed by atoms with Crippen molar-refractivity contribution in [3.8, 4) is 0 Å². The monoisotopic (exact) mass is 343 g/mol. The summed E-state index contributed by atoms with van der Waals surface area (Å²) in [4.78, 5) is 11.3. The quantitative estimate of drug-likeness (QED) is 0.682. The average molecular weight is 342 g/mol. The van der Waals surface area contributed by atoms with Crippen LogP contribution in [0.2, 0.25) is 0 Å². The Morgan fingerprint density at radius 1 is 1.36 bits per heavy atom. The molecule has 1 saturated carbocycles. The molecular formula is C8H13HgO2. The standard InChI is InChI=1S/C8H14O2.Hg/c1-8(7(9)10)5-3-2-4-6-8;/h2-6H2,1H3,(H,9,10);/q;+1/p-1. The van der Waals surface area contributed by atoms with E-state index in [9.17, 15) is 4.79 Å². The molecular weight excluding hydrogens is 329 g/mol. The minimum absolute atomic E-state index is 0.0560. The van der Waals surface area contributed by atoms with Crippen molar-refractivity contribution in [1.82, 2.24) is 0 Å². The van der Waals surface area contributed by atoms with Gasteiger partial charge in [0.05, 0.1) is 0 Å². The van der Waals surface area contributed by atoms with E-state index in [0.717, 1.165) is 12.8 Å². The molecule has 0 bridgehead atoms. The van der Waals surface area contributed by atoms with E-state index in [4.69, 9.17) is 2.64 Å². The Balaban J connectivity index is 2.56. The maximum absolute atomic E-state index is 11.3. The molecule has 1 aliphatic rings. The summed E-state index contributed by atoms with van der Waals surface area (Å²) in [6.45, 7) is 2.04. The van der Waals surface area contributed by atoms with Crippen LogP contribution < -0.4 is 0 Å². The summed E-state index contributed by atoms with van der Waals surface area (Å²) in [6, 6.07) is 0. The SMILES string of the molecule is CC1(C(=O)[O][Hg])CCCCC1. The molecule has 0 saturated heterocycles. The maximum atomic E-state index is 11.3. The Labute approximate surface area is 84.3 Å². The molecule has 1 aliphatic carbocycles. The van der Waals surface area contributed by atoms with E-state index < -0.39 is 0 Å². The summed E-state index contributed by atoms with van der Waals surface area (Å²) in [7, 11) is 0. The Morgan fingerprint density at radius 2 is 1.91 bits per heavy atom. The minimum atomic E-state index is -0.125. The van der Waals surface area contributed by atoms with E-state index in [1.807, 2.05) is 6.92 Å². The molecule has 1 fully saturated rings. The van der Waals surface area contributed by atoms with Gasteiger partial charge >= 0.3 is 84.4 Å². The molecule has 0 heterocycles. The number of carbonyl (C=O) groups is 1. The van der Waals surface area contributed by atoms with E-state index in [1.54, 1.807) is 0 Å². The Morgan fingerprint density at radius 3 is 2.36 bits per heavy atom. The van der Waals surface area contributed by atoms with Crippen LogP contribution in [0.5, 0.6) is 0 Å². The van der Waals surface area contributed by atoms with Gasteiger partial charge in [0.2, 0.25) is 0 Å². The molecule has 1 rings (SSSR count). The summed E-state index contributed by atoms with van der Waals surface area (Å²) in [5, 5.41) is 0. The van der Waals surface area contributed by atoms with Gasteiger partial charge in [-0.2, -0.15) is 0 Å². The van der Waals surface area contributed by atoms with Crippen LogP contribution in [0.15, 0.2) is 0 Å². The third-order valence-corrected chi connectivity index (χ3v) is 3.60. The Hall–Kier alpha value is 0.405. The van der Waals surface area contributed by atoms with Gasteiger partial charge in [0.1, 0.15) is 0 Å². The van der Waals surface area contributed by atoms with E-state index in [2.05, 4.69) is 0 Å². The molecule has 0 aromatic carbocycles. The van der Waals surface area contributed by atoms with Gasteiger partial charge in [-0.3, -0.25) is 0 Å². The normalized spacial score (nSPS) is 22.8. The molecule has 59 valence electrons. The van der Waals surface area contributed by atoms with Crippen molar-refractivity contribution in [1.29, 1.82) is 0 Å². The molecule has 0 aromatic rings. The van der Waals surface area contributed by atoms with Crippen LogP contribution in [-0.4, -0.2) is 5.97 Å². The van der Waals surface area contributed by atoms with Crippen LogP contribution in [0.3, 0.4) is 0 Å². The van der Waals surface area contributed by atoms with E-state index in [1.165, 1.54) is 19.3 Å². The van der Waals surface area contributed by atoms with Crippen molar-refractivity contribution in [2.24, 2.45) is 5.41 Å². The Kier molecular flexibility index (Phi) is 3.35. The second kappa shape index (κ2) is 3.88. The third kappa shape index (κ3) is 2.17. The number of carbonyl (C=O) groups excluding carboxylic acids is 1. The predicted octanol–water partition coefficient (Wildman–Crippen LogP) is 1.96. The molecule has 0 aromatic heterocycles. The van der Waals surface area contributed by atoms with E-state index >= 15 is 0 Å². The zero-order chi connectivity index (χ0) is 8.32. The molecule has 0 unspecified atom stereocenters. The van der Waals surface area contributed by atoms with Gasteiger partial charge in [-0.15, -0.1) is 0 Å². The van der Waals surface area contributed by atoms with Gasteiger partial charge < -0.3 is 0 Å². The van der Waals surface area contributed by atoms with Gasteiger partial charge in [0, 0.05) is 0 Å². The van der Waals surface area contributed by atoms with Crippen molar-refractivity contribution in [3.05, 3.63) is 0 Å². The molecule has 0 spiro atoms. The summed E-state index contributed by atoms with van der Waals surface area (Å²) in [5.74, 6) is 0.0560. The molecule has 0 amide bonds. The van der Waals surface area contributed by atoms with Crippen LogP contribution in [0.1, 0.15) is 39.0 Å². The van der Waals surface area contributed by atoms with Crippen LogP contribution in [0, 0.1) is 5.41 Å². The zero-order valence-electron chi connectivity index (χ0n) is 7.06. The van der Waals surface area contributed by atoms with E-state index in [-0.39, 0.29) is 38.0 Å². The molecule has 0 aliphatic heterocycles.